The Hall–Kier alpha value is -3.61. The Morgan fingerprint density at radius 2 is 1.81 bits per heavy atom. The molecule has 0 unspecified atom stereocenters. The summed E-state index contributed by atoms with van der Waals surface area (Å²) < 4.78 is 15.9. The Kier molecular flexibility index (Phi) is 6.02. The van der Waals surface area contributed by atoms with Gasteiger partial charge in [-0.3, -0.25) is 0 Å². The minimum absolute atomic E-state index is 0.0997. The number of esters is 1. The molecule has 1 aromatic heterocycles. The molecule has 7 heteroatoms. The van der Waals surface area contributed by atoms with Crippen molar-refractivity contribution in [2.24, 2.45) is 0 Å². The summed E-state index contributed by atoms with van der Waals surface area (Å²) in [5.74, 6) is -0.418. The van der Waals surface area contributed by atoms with Gasteiger partial charge in [-0.25, -0.2) is 14.4 Å². The van der Waals surface area contributed by atoms with Crippen molar-refractivity contribution in [3.05, 3.63) is 75.6 Å². The number of aryl methyl sites for hydroxylation is 1. The lowest BCUT2D eigenvalue weighted by atomic mass is 9.91. The fourth-order valence-corrected chi connectivity index (χ4v) is 3.69. The van der Waals surface area contributed by atoms with Gasteiger partial charge in [-0.05, 0) is 55.9 Å². The van der Waals surface area contributed by atoms with Gasteiger partial charge in [0.25, 0.3) is 0 Å². The van der Waals surface area contributed by atoms with Crippen LogP contribution in [0.4, 0.5) is 4.79 Å². The summed E-state index contributed by atoms with van der Waals surface area (Å²) in [6.07, 6.45) is 2.87. The molecule has 0 saturated heterocycles. The topological polar surface area (TPSA) is 94.8 Å². The van der Waals surface area contributed by atoms with E-state index in [1.165, 1.54) is 13.0 Å². The summed E-state index contributed by atoms with van der Waals surface area (Å²) in [6, 6.07) is 13.3. The molecular formula is C24H23NO6. The highest BCUT2D eigenvalue weighted by molar-refractivity contribution is 5.85. The smallest absolute Gasteiger partial charge is 0.408 e. The van der Waals surface area contributed by atoms with Gasteiger partial charge in [0.2, 0.25) is 0 Å². The van der Waals surface area contributed by atoms with E-state index < -0.39 is 18.1 Å². The molecule has 1 atom stereocenters. The predicted molar refractivity (Wildman–Crippen MR) is 114 cm³/mol. The van der Waals surface area contributed by atoms with Crippen molar-refractivity contribution in [2.75, 3.05) is 0 Å². The zero-order valence-corrected chi connectivity index (χ0v) is 17.2. The van der Waals surface area contributed by atoms with Crippen LogP contribution in [0.2, 0.25) is 0 Å². The molecule has 31 heavy (non-hydrogen) atoms. The first-order valence-electron chi connectivity index (χ1n) is 10.3. The van der Waals surface area contributed by atoms with Crippen LogP contribution in [0.3, 0.4) is 0 Å². The van der Waals surface area contributed by atoms with Gasteiger partial charge in [0.1, 0.15) is 24.0 Å². The van der Waals surface area contributed by atoms with Crippen molar-refractivity contribution in [2.45, 2.75) is 45.3 Å². The molecule has 0 aliphatic heterocycles. The Bertz CT molecular complexity index is 1170. The van der Waals surface area contributed by atoms with Crippen LogP contribution in [0.15, 0.2) is 57.7 Å². The van der Waals surface area contributed by atoms with E-state index in [9.17, 15) is 14.4 Å². The number of nitrogens with one attached hydrogen (secondary N) is 1. The highest BCUT2D eigenvalue weighted by Gasteiger charge is 2.21. The third-order valence-electron chi connectivity index (χ3n) is 5.31. The van der Waals surface area contributed by atoms with Gasteiger partial charge in [-0.15, -0.1) is 0 Å². The van der Waals surface area contributed by atoms with Crippen LogP contribution in [0.25, 0.3) is 11.0 Å². The molecule has 0 bridgehead atoms. The summed E-state index contributed by atoms with van der Waals surface area (Å²) in [5.41, 5.74) is 2.66. The van der Waals surface area contributed by atoms with Crippen molar-refractivity contribution in [1.29, 1.82) is 0 Å². The Labute approximate surface area is 179 Å². The van der Waals surface area contributed by atoms with Crippen LogP contribution in [0.5, 0.6) is 5.75 Å². The second-order valence-electron chi connectivity index (χ2n) is 7.56. The number of alkyl carbamates (subject to hydrolysis) is 1. The SMILES string of the molecule is C[C@@H](NC(=O)OCc1ccccc1)C(=O)Oc1ccc2c3c(c(=O)oc2c1)CCCC3. The number of carbonyl (C=O) groups is 2. The van der Waals surface area contributed by atoms with Crippen molar-refractivity contribution < 1.29 is 23.5 Å². The predicted octanol–water partition coefficient (Wildman–Crippen LogP) is 3.89. The minimum Gasteiger partial charge on any atom is -0.445 e. The van der Waals surface area contributed by atoms with Gasteiger partial charge in [0.15, 0.2) is 0 Å². The molecule has 160 valence electrons. The molecule has 7 nitrogen and oxygen atoms in total. The lowest BCUT2D eigenvalue weighted by molar-refractivity contribution is -0.136. The van der Waals surface area contributed by atoms with Crippen LogP contribution in [0, 0.1) is 0 Å². The standard InChI is InChI=1S/C24H23NO6/c1-15(25-24(28)29-14-16-7-3-2-4-8-16)22(26)30-17-11-12-19-18-9-5-6-10-20(18)23(27)31-21(19)13-17/h2-4,7-8,11-13,15H,5-6,9-10,14H2,1H3,(H,25,28)/t15-/m1/s1. The van der Waals surface area contributed by atoms with E-state index in [0.717, 1.165) is 47.8 Å². The van der Waals surface area contributed by atoms with Crippen molar-refractivity contribution in [1.82, 2.24) is 5.32 Å². The van der Waals surface area contributed by atoms with Crippen LogP contribution >= 0.6 is 0 Å². The number of fused-ring (bicyclic) bond motifs is 3. The van der Waals surface area contributed by atoms with E-state index in [1.807, 2.05) is 30.3 Å². The maximum atomic E-state index is 12.4. The molecule has 1 heterocycles. The number of hydrogen-bond acceptors (Lipinski definition) is 6. The van der Waals surface area contributed by atoms with Gasteiger partial charge in [-0.1, -0.05) is 30.3 Å². The van der Waals surface area contributed by atoms with Gasteiger partial charge >= 0.3 is 17.7 Å². The highest BCUT2D eigenvalue weighted by Crippen LogP contribution is 2.29. The molecule has 1 N–H and O–H groups in total. The zero-order chi connectivity index (χ0) is 21.8. The summed E-state index contributed by atoms with van der Waals surface area (Å²) in [5, 5.41) is 3.31. The van der Waals surface area contributed by atoms with Crippen LogP contribution in [-0.4, -0.2) is 18.1 Å². The monoisotopic (exact) mass is 421 g/mol. The van der Waals surface area contributed by atoms with Crippen LogP contribution in [-0.2, 0) is 29.0 Å². The molecule has 4 rings (SSSR count). The average Bonchev–Trinajstić information content (AvgIpc) is 2.78. The number of hydrogen-bond donors (Lipinski definition) is 1. The number of rotatable bonds is 5. The number of ether oxygens (including phenoxy) is 2. The minimum atomic E-state index is -0.922. The molecule has 2 aromatic carbocycles. The van der Waals surface area contributed by atoms with E-state index in [1.54, 1.807) is 12.1 Å². The molecule has 1 aliphatic carbocycles. The van der Waals surface area contributed by atoms with E-state index >= 15 is 0 Å². The largest absolute Gasteiger partial charge is 0.445 e. The van der Waals surface area contributed by atoms with Crippen molar-refractivity contribution in [3.8, 4) is 5.75 Å². The Morgan fingerprint density at radius 1 is 1.06 bits per heavy atom. The van der Waals surface area contributed by atoms with E-state index in [-0.39, 0.29) is 18.0 Å². The van der Waals surface area contributed by atoms with Gasteiger partial charge in [0.05, 0.1) is 0 Å². The Balaban J connectivity index is 1.39. The second kappa shape index (κ2) is 9.04. The third kappa shape index (κ3) is 4.77. The average molecular weight is 421 g/mol. The molecule has 0 saturated carbocycles. The summed E-state index contributed by atoms with van der Waals surface area (Å²) in [4.78, 5) is 36.6. The van der Waals surface area contributed by atoms with Gasteiger partial charge < -0.3 is 19.2 Å². The summed E-state index contributed by atoms with van der Waals surface area (Å²) >= 11 is 0. The second-order valence-corrected chi connectivity index (χ2v) is 7.56. The lowest BCUT2D eigenvalue weighted by Crippen LogP contribution is -2.41. The fraction of sp³-hybridized carbons (Fsp3) is 0.292. The molecule has 0 radical (unpaired) electrons. The quantitative estimate of drug-likeness (QED) is 0.382. The first kappa shape index (κ1) is 20.7. The van der Waals surface area contributed by atoms with Crippen molar-refractivity contribution >= 4 is 23.0 Å². The van der Waals surface area contributed by atoms with Crippen molar-refractivity contribution in [3.63, 3.8) is 0 Å². The zero-order valence-electron chi connectivity index (χ0n) is 17.2. The van der Waals surface area contributed by atoms with E-state index in [2.05, 4.69) is 5.32 Å². The number of benzene rings is 2. The molecule has 3 aromatic rings. The summed E-state index contributed by atoms with van der Waals surface area (Å²) in [7, 11) is 0. The maximum Gasteiger partial charge on any atom is 0.408 e. The summed E-state index contributed by atoms with van der Waals surface area (Å²) in [6.45, 7) is 1.60. The molecule has 0 spiro atoms. The van der Waals surface area contributed by atoms with E-state index in [0.29, 0.717) is 5.58 Å². The Morgan fingerprint density at radius 3 is 2.58 bits per heavy atom. The number of carbonyl (C=O) groups excluding carboxylic acids is 2. The number of amides is 1. The first-order valence-corrected chi connectivity index (χ1v) is 10.3. The normalized spacial score (nSPS) is 13.8. The first-order chi connectivity index (χ1) is 15.0. The fourth-order valence-electron chi connectivity index (χ4n) is 3.69. The lowest BCUT2D eigenvalue weighted by Gasteiger charge is -2.17. The highest BCUT2D eigenvalue weighted by atomic mass is 16.6. The molecule has 0 fully saturated rings. The van der Waals surface area contributed by atoms with Gasteiger partial charge in [-0.2, -0.15) is 0 Å². The van der Waals surface area contributed by atoms with E-state index in [4.69, 9.17) is 13.9 Å². The third-order valence-corrected chi connectivity index (χ3v) is 5.31. The molecule has 1 amide bonds. The van der Waals surface area contributed by atoms with Gasteiger partial charge in [0, 0.05) is 17.0 Å². The maximum absolute atomic E-state index is 12.4. The molecule has 1 aliphatic rings. The molecular weight excluding hydrogens is 398 g/mol. The van der Waals surface area contributed by atoms with Crippen LogP contribution in [0.1, 0.15) is 36.5 Å². The van der Waals surface area contributed by atoms with Crippen LogP contribution < -0.4 is 15.7 Å².